The van der Waals surface area contributed by atoms with Crippen molar-refractivity contribution in [3.05, 3.63) is 35.4 Å². The van der Waals surface area contributed by atoms with Gasteiger partial charge in [-0.25, -0.2) is 0 Å². The number of rotatable bonds is 2. The monoisotopic (exact) mass is 190 g/mol. The highest BCUT2D eigenvalue weighted by Crippen LogP contribution is 2.25. The topological polar surface area (TPSA) is 38.0 Å². The molecule has 1 atom stereocenters. The largest absolute Gasteiger partial charge is 0.326 e. The average molecular weight is 190 g/mol. The minimum atomic E-state index is 0.659. The Kier molecular flexibility index (Phi) is 3.17. The quantitative estimate of drug-likeness (QED) is 0.743. The fourth-order valence-corrected chi connectivity index (χ4v) is 2.24. The van der Waals surface area contributed by atoms with Crippen molar-refractivity contribution < 1.29 is 0 Å². The molecule has 1 unspecified atom stereocenters. The summed E-state index contributed by atoms with van der Waals surface area (Å²) in [6.07, 6.45) is 2.58. The molecule has 1 heterocycles. The van der Waals surface area contributed by atoms with Crippen LogP contribution in [0.4, 0.5) is 0 Å². The Morgan fingerprint density at radius 1 is 1.36 bits per heavy atom. The number of benzene rings is 1. The Labute approximate surface area is 85.5 Å². The smallest absolute Gasteiger partial charge is 0.0180 e. The molecule has 0 bridgehead atoms. The van der Waals surface area contributed by atoms with E-state index in [0.29, 0.717) is 12.5 Å². The van der Waals surface area contributed by atoms with Crippen LogP contribution in [0.3, 0.4) is 0 Å². The maximum absolute atomic E-state index is 5.74. The lowest BCUT2D eigenvalue weighted by molar-refractivity contribution is 0.459. The highest BCUT2D eigenvalue weighted by Gasteiger charge is 2.16. The SMILES string of the molecule is NCc1ccccc1C1CCCNC1. The van der Waals surface area contributed by atoms with Crippen LogP contribution in [0.15, 0.2) is 24.3 Å². The maximum atomic E-state index is 5.74. The van der Waals surface area contributed by atoms with Crippen molar-refractivity contribution in [1.29, 1.82) is 0 Å². The second-order valence-electron chi connectivity index (χ2n) is 3.95. The molecule has 76 valence electrons. The number of piperidine rings is 1. The summed E-state index contributed by atoms with van der Waals surface area (Å²) < 4.78 is 0. The zero-order valence-corrected chi connectivity index (χ0v) is 8.50. The summed E-state index contributed by atoms with van der Waals surface area (Å²) in [6.45, 7) is 2.94. The van der Waals surface area contributed by atoms with E-state index in [9.17, 15) is 0 Å². The van der Waals surface area contributed by atoms with Crippen molar-refractivity contribution in [1.82, 2.24) is 5.32 Å². The Bertz CT molecular complexity index is 290. The Morgan fingerprint density at radius 2 is 2.21 bits per heavy atom. The molecule has 0 aliphatic carbocycles. The molecular weight excluding hydrogens is 172 g/mol. The van der Waals surface area contributed by atoms with Crippen LogP contribution in [0.1, 0.15) is 29.9 Å². The van der Waals surface area contributed by atoms with E-state index in [-0.39, 0.29) is 0 Å². The van der Waals surface area contributed by atoms with Crippen LogP contribution in [0.2, 0.25) is 0 Å². The lowest BCUT2D eigenvalue weighted by Crippen LogP contribution is -2.29. The molecule has 1 aromatic carbocycles. The predicted molar refractivity (Wildman–Crippen MR) is 59.2 cm³/mol. The first-order valence-electron chi connectivity index (χ1n) is 5.40. The van der Waals surface area contributed by atoms with E-state index in [0.717, 1.165) is 6.54 Å². The normalized spacial score (nSPS) is 22.2. The Morgan fingerprint density at radius 3 is 2.93 bits per heavy atom. The molecule has 1 aliphatic heterocycles. The minimum Gasteiger partial charge on any atom is -0.326 e. The van der Waals surface area contributed by atoms with Crippen molar-refractivity contribution in [2.75, 3.05) is 13.1 Å². The van der Waals surface area contributed by atoms with Gasteiger partial charge in [-0.3, -0.25) is 0 Å². The van der Waals surface area contributed by atoms with Crippen LogP contribution in [0.5, 0.6) is 0 Å². The van der Waals surface area contributed by atoms with Gasteiger partial charge in [-0.1, -0.05) is 24.3 Å². The summed E-state index contributed by atoms with van der Waals surface area (Å²) in [5, 5.41) is 3.44. The summed E-state index contributed by atoms with van der Waals surface area (Å²) in [4.78, 5) is 0. The molecule has 1 fully saturated rings. The lowest BCUT2D eigenvalue weighted by Gasteiger charge is -2.24. The third-order valence-electron chi connectivity index (χ3n) is 3.01. The molecule has 2 heteroatoms. The van der Waals surface area contributed by atoms with Gasteiger partial charge in [-0.2, -0.15) is 0 Å². The zero-order chi connectivity index (χ0) is 9.80. The van der Waals surface area contributed by atoms with Gasteiger partial charge in [0.25, 0.3) is 0 Å². The van der Waals surface area contributed by atoms with Crippen LogP contribution < -0.4 is 11.1 Å². The van der Waals surface area contributed by atoms with E-state index in [1.54, 1.807) is 0 Å². The number of hydrogen-bond donors (Lipinski definition) is 2. The third-order valence-corrected chi connectivity index (χ3v) is 3.01. The summed E-state index contributed by atoms with van der Waals surface area (Å²) in [7, 11) is 0. The Hall–Kier alpha value is -0.860. The number of hydrogen-bond acceptors (Lipinski definition) is 2. The van der Waals surface area contributed by atoms with Crippen LogP contribution >= 0.6 is 0 Å². The van der Waals surface area contributed by atoms with E-state index < -0.39 is 0 Å². The molecule has 0 spiro atoms. The molecule has 3 N–H and O–H groups in total. The first-order valence-corrected chi connectivity index (χ1v) is 5.40. The van der Waals surface area contributed by atoms with Crippen molar-refractivity contribution in [3.8, 4) is 0 Å². The Balaban J connectivity index is 2.20. The second kappa shape index (κ2) is 4.58. The molecule has 0 radical (unpaired) electrons. The van der Waals surface area contributed by atoms with E-state index in [2.05, 4.69) is 29.6 Å². The van der Waals surface area contributed by atoms with Crippen LogP contribution in [0, 0.1) is 0 Å². The molecule has 0 amide bonds. The molecule has 1 aromatic rings. The second-order valence-corrected chi connectivity index (χ2v) is 3.95. The van der Waals surface area contributed by atoms with Crippen LogP contribution in [-0.4, -0.2) is 13.1 Å². The van der Waals surface area contributed by atoms with E-state index in [1.807, 2.05) is 0 Å². The molecule has 2 rings (SSSR count). The van der Waals surface area contributed by atoms with Gasteiger partial charge in [0.05, 0.1) is 0 Å². The van der Waals surface area contributed by atoms with Gasteiger partial charge in [-0.15, -0.1) is 0 Å². The van der Waals surface area contributed by atoms with Crippen molar-refractivity contribution in [3.63, 3.8) is 0 Å². The average Bonchev–Trinajstić information content (AvgIpc) is 2.30. The van der Waals surface area contributed by atoms with Crippen LogP contribution in [0.25, 0.3) is 0 Å². The third kappa shape index (κ3) is 1.97. The molecule has 14 heavy (non-hydrogen) atoms. The lowest BCUT2D eigenvalue weighted by atomic mass is 9.88. The van der Waals surface area contributed by atoms with Crippen molar-refractivity contribution in [2.45, 2.75) is 25.3 Å². The molecule has 0 aromatic heterocycles. The van der Waals surface area contributed by atoms with Crippen molar-refractivity contribution >= 4 is 0 Å². The minimum absolute atomic E-state index is 0.659. The van der Waals surface area contributed by atoms with E-state index in [1.165, 1.54) is 30.5 Å². The summed E-state index contributed by atoms with van der Waals surface area (Å²) in [6, 6.07) is 8.55. The first-order chi connectivity index (χ1) is 6.92. The fraction of sp³-hybridized carbons (Fsp3) is 0.500. The first kappa shape index (κ1) is 9.69. The molecule has 1 aliphatic rings. The van der Waals surface area contributed by atoms with Gasteiger partial charge in [0.15, 0.2) is 0 Å². The molecule has 2 nitrogen and oxygen atoms in total. The zero-order valence-electron chi connectivity index (χ0n) is 8.50. The number of nitrogens with one attached hydrogen (secondary N) is 1. The number of nitrogens with two attached hydrogens (primary N) is 1. The van der Waals surface area contributed by atoms with Gasteiger partial charge in [0.2, 0.25) is 0 Å². The predicted octanol–water partition coefficient (Wildman–Crippen LogP) is 1.61. The van der Waals surface area contributed by atoms with Gasteiger partial charge < -0.3 is 11.1 Å². The maximum Gasteiger partial charge on any atom is 0.0180 e. The van der Waals surface area contributed by atoms with Crippen LogP contribution in [-0.2, 0) is 6.54 Å². The molecule has 1 saturated heterocycles. The van der Waals surface area contributed by atoms with Gasteiger partial charge >= 0.3 is 0 Å². The highest BCUT2D eigenvalue weighted by molar-refractivity contribution is 5.30. The highest BCUT2D eigenvalue weighted by atomic mass is 14.9. The van der Waals surface area contributed by atoms with Crippen molar-refractivity contribution in [2.24, 2.45) is 5.73 Å². The fourth-order valence-electron chi connectivity index (χ4n) is 2.24. The molecular formula is C12H18N2. The van der Waals surface area contributed by atoms with E-state index >= 15 is 0 Å². The standard InChI is InChI=1S/C12H18N2/c13-8-10-4-1-2-6-12(10)11-5-3-7-14-9-11/h1-2,4,6,11,14H,3,5,7-9,13H2. The van der Waals surface area contributed by atoms with Gasteiger partial charge in [0.1, 0.15) is 0 Å². The van der Waals surface area contributed by atoms with Gasteiger partial charge in [0, 0.05) is 13.1 Å². The van der Waals surface area contributed by atoms with E-state index in [4.69, 9.17) is 5.73 Å². The summed E-state index contributed by atoms with van der Waals surface area (Å²) >= 11 is 0. The molecule has 0 saturated carbocycles. The van der Waals surface area contributed by atoms with Gasteiger partial charge in [-0.05, 0) is 36.4 Å². The summed E-state index contributed by atoms with van der Waals surface area (Å²) in [5.41, 5.74) is 8.49. The summed E-state index contributed by atoms with van der Waals surface area (Å²) in [5.74, 6) is 0.670.